The largest absolute Gasteiger partial charge is 0.304 e. The van der Waals surface area contributed by atoms with E-state index >= 15 is 0 Å². The molecule has 1 atom stereocenters. The average Bonchev–Trinajstić information content (AvgIpc) is 3.06. The molecular formula is C17H19N3S. The fourth-order valence-corrected chi connectivity index (χ4v) is 4.12. The average molecular weight is 297 g/mol. The number of aryl methyl sites for hydroxylation is 2. The van der Waals surface area contributed by atoms with Gasteiger partial charge in [-0.2, -0.15) is 0 Å². The van der Waals surface area contributed by atoms with Gasteiger partial charge in [-0.1, -0.05) is 24.3 Å². The number of nitrogens with zero attached hydrogens (tertiary/aromatic N) is 2. The van der Waals surface area contributed by atoms with Crippen molar-refractivity contribution in [1.82, 2.24) is 14.7 Å². The zero-order valence-corrected chi connectivity index (χ0v) is 13.0. The molecule has 0 bridgehead atoms. The van der Waals surface area contributed by atoms with Gasteiger partial charge in [0.15, 0.2) is 4.96 Å². The molecule has 1 aliphatic carbocycles. The van der Waals surface area contributed by atoms with Crippen LogP contribution in [0.2, 0.25) is 0 Å². The van der Waals surface area contributed by atoms with Crippen molar-refractivity contribution in [2.24, 2.45) is 0 Å². The Morgan fingerprint density at radius 2 is 2.29 bits per heavy atom. The number of imidazole rings is 1. The van der Waals surface area contributed by atoms with Crippen LogP contribution in [0.25, 0.3) is 4.96 Å². The molecule has 21 heavy (non-hydrogen) atoms. The monoisotopic (exact) mass is 297 g/mol. The predicted octanol–water partition coefficient (Wildman–Crippen LogP) is 3.87. The van der Waals surface area contributed by atoms with Gasteiger partial charge in [-0.15, -0.1) is 11.3 Å². The van der Waals surface area contributed by atoms with Crippen LogP contribution in [0, 0.1) is 6.92 Å². The zero-order chi connectivity index (χ0) is 14.2. The van der Waals surface area contributed by atoms with Gasteiger partial charge in [-0.3, -0.25) is 4.40 Å². The predicted molar refractivity (Wildman–Crippen MR) is 86.8 cm³/mol. The third kappa shape index (κ3) is 2.28. The van der Waals surface area contributed by atoms with E-state index in [1.807, 2.05) is 0 Å². The maximum absolute atomic E-state index is 4.62. The number of aromatic nitrogens is 2. The number of thiazole rings is 1. The molecule has 3 nitrogen and oxygen atoms in total. The lowest BCUT2D eigenvalue weighted by Crippen LogP contribution is -2.25. The van der Waals surface area contributed by atoms with Crippen molar-refractivity contribution in [3.05, 3.63) is 58.4 Å². The highest BCUT2D eigenvalue weighted by Gasteiger charge is 2.20. The van der Waals surface area contributed by atoms with Crippen LogP contribution in [0.5, 0.6) is 0 Å². The fourth-order valence-electron chi connectivity index (χ4n) is 3.34. The molecule has 0 fully saturated rings. The molecule has 1 aromatic carbocycles. The fraction of sp³-hybridized carbons (Fsp3) is 0.353. The number of rotatable bonds is 3. The van der Waals surface area contributed by atoms with E-state index in [0.29, 0.717) is 6.04 Å². The quantitative estimate of drug-likeness (QED) is 0.795. The molecule has 108 valence electrons. The summed E-state index contributed by atoms with van der Waals surface area (Å²) >= 11 is 1.70. The minimum atomic E-state index is 0.471. The van der Waals surface area contributed by atoms with Gasteiger partial charge in [0, 0.05) is 24.2 Å². The lowest BCUT2D eigenvalue weighted by atomic mass is 9.88. The van der Waals surface area contributed by atoms with E-state index in [-0.39, 0.29) is 0 Å². The second-order valence-electron chi connectivity index (χ2n) is 5.72. The van der Waals surface area contributed by atoms with E-state index in [2.05, 4.69) is 57.5 Å². The van der Waals surface area contributed by atoms with E-state index in [4.69, 9.17) is 0 Å². The van der Waals surface area contributed by atoms with E-state index in [0.717, 1.165) is 17.2 Å². The van der Waals surface area contributed by atoms with Crippen molar-refractivity contribution in [2.45, 2.75) is 38.8 Å². The molecule has 3 aromatic rings. The Morgan fingerprint density at radius 3 is 3.24 bits per heavy atom. The van der Waals surface area contributed by atoms with Crippen molar-refractivity contribution in [1.29, 1.82) is 0 Å². The summed E-state index contributed by atoms with van der Waals surface area (Å²) in [7, 11) is 0. The Morgan fingerprint density at radius 1 is 1.38 bits per heavy atom. The van der Waals surface area contributed by atoms with Crippen LogP contribution in [0.3, 0.4) is 0 Å². The van der Waals surface area contributed by atoms with E-state index in [9.17, 15) is 0 Å². The summed E-state index contributed by atoms with van der Waals surface area (Å²) in [6, 6.07) is 9.32. The first-order valence-corrected chi connectivity index (χ1v) is 8.43. The van der Waals surface area contributed by atoms with E-state index in [1.165, 1.54) is 36.1 Å². The molecule has 0 saturated heterocycles. The van der Waals surface area contributed by atoms with Gasteiger partial charge in [0.25, 0.3) is 0 Å². The summed E-state index contributed by atoms with van der Waals surface area (Å²) < 4.78 is 2.21. The molecule has 0 amide bonds. The van der Waals surface area contributed by atoms with Crippen LogP contribution in [0.4, 0.5) is 0 Å². The number of nitrogens with one attached hydrogen (secondary N) is 1. The summed E-state index contributed by atoms with van der Waals surface area (Å²) in [5, 5.41) is 5.85. The van der Waals surface area contributed by atoms with Gasteiger partial charge in [0.1, 0.15) is 0 Å². The molecular weight excluding hydrogens is 278 g/mol. The Hall–Kier alpha value is -1.65. The molecule has 4 heteroatoms. The molecule has 1 N–H and O–H groups in total. The number of fused-ring (bicyclic) bond motifs is 2. The Bertz CT molecular complexity index is 771. The van der Waals surface area contributed by atoms with Crippen LogP contribution in [0.15, 0.2) is 35.8 Å². The molecule has 0 saturated carbocycles. The third-order valence-corrected chi connectivity index (χ3v) is 5.20. The van der Waals surface area contributed by atoms with Gasteiger partial charge in [0.05, 0.1) is 11.4 Å². The maximum atomic E-state index is 4.62. The molecule has 1 aliphatic rings. The SMILES string of the molecule is Cc1nc2sccn2c1CNC1CCCc2ccccc21. The standard InChI is InChI=1S/C17H19N3S/c1-12-16(20-9-10-21-17(20)19-12)11-18-15-8-4-6-13-5-2-3-7-14(13)15/h2-3,5,7,9-10,15,18H,4,6,8,11H2,1H3. The molecule has 0 aliphatic heterocycles. The highest BCUT2D eigenvalue weighted by atomic mass is 32.1. The normalized spacial score (nSPS) is 18.0. The number of benzene rings is 1. The Kier molecular flexibility index (Phi) is 3.28. The van der Waals surface area contributed by atoms with Crippen molar-refractivity contribution in [3.8, 4) is 0 Å². The highest BCUT2D eigenvalue weighted by Crippen LogP contribution is 2.30. The first kappa shape index (κ1) is 13.0. The van der Waals surface area contributed by atoms with Gasteiger partial charge in [0.2, 0.25) is 0 Å². The third-order valence-electron chi connectivity index (χ3n) is 4.45. The van der Waals surface area contributed by atoms with Crippen LogP contribution >= 0.6 is 11.3 Å². The van der Waals surface area contributed by atoms with Crippen molar-refractivity contribution < 1.29 is 0 Å². The molecule has 4 rings (SSSR count). The second-order valence-corrected chi connectivity index (χ2v) is 6.60. The molecule has 1 unspecified atom stereocenters. The summed E-state index contributed by atoms with van der Waals surface area (Å²) in [5.41, 5.74) is 5.41. The smallest absolute Gasteiger partial charge is 0.194 e. The van der Waals surface area contributed by atoms with Crippen LogP contribution in [-0.2, 0) is 13.0 Å². The Labute approximate surface area is 128 Å². The van der Waals surface area contributed by atoms with E-state index < -0.39 is 0 Å². The lowest BCUT2D eigenvalue weighted by molar-refractivity contribution is 0.455. The summed E-state index contributed by atoms with van der Waals surface area (Å²) in [6.45, 7) is 2.98. The van der Waals surface area contributed by atoms with Gasteiger partial charge in [-0.05, 0) is 37.3 Å². The summed E-state index contributed by atoms with van der Waals surface area (Å²) in [5.74, 6) is 0. The summed E-state index contributed by atoms with van der Waals surface area (Å²) in [6.07, 6.45) is 5.83. The first-order valence-electron chi connectivity index (χ1n) is 7.55. The summed E-state index contributed by atoms with van der Waals surface area (Å²) in [4.78, 5) is 5.71. The number of hydrogen-bond donors (Lipinski definition) is 1. The van der Waals surface area contributed by atoms with Crippen molar-refractivity contribution in [3.63, 3.8) is 0 Å². The topological polar surface area (TPSA) is 29.3 Å². The highest BCUT2D eigenvalue weighted by molar-refractivity contribution is 7.15. The molecule has 2 aromatic heterocycles. The van der Waals surface area contributed by atoms with Crippen molar-refractivity contribution in [2.75, 3.05) is 0 Å². The van der Waals surface area contributed by atoms with Crippen LogP contribution in [-0.4, -0.2) is 9.38 Å². The van der Waals surface area contributed by atoms with Gasteiger partial charge >= 0.3 is 0 Å². The molecule has 2 heterocycles. The minimum Gasteiger partial charge on any atom is -0.304 e. The molecule has 0 spiro atoms. The first-order chi connectivity index (χ1) is 10.3. The van der Waals surface area contributed by atoms with E-state index in [1.54, 1.807) is 11.3 Å². The molecule has 0 radical (unpaired) electrons. The second kappa shape index (κ2) is 5.28. The zero-order valence-electron chi connectivity index (χ0n) is 12.2. The van der Waals surface area contributed by atoms with Crippen molar-refractivity contribution >= 4 is 16.3 Å². The van der Waals surface area contributed by atoms with Crippen LogP contribution < -0.4 is 5.32 Å². The lowest BCUT2D eigenvalue weighted by Gasteiger charge is -2.26. The van der Waals surface area contributed by atoms with Gasteiger partial charge < -0.3 is 5.32 Å². The maximum Gasteiger partial charge on any atom is 0.194 e. The Balaban J connectivity index is 1.58. The van der Waals surface area contributed by atoms with Gasteiger partial charge in [-0.25, -0.2) is 4.98 Å². The minimum absolute atomic E-state index is 0.471. The number of hydrogen-bond acceptors (Lipinski definition) is 3. The van der Waals surface area contributed by atoms with Crippen LogP contribution in [0.1, 0.15) is 41.4 Å².